The molecule has 0 saturated heterocycles. The Kier molecular flexibility index (Phi) is 4.13. The van der Waals surface area contributed by atoms with E-state index in [1.54, 1.807) is 18.2 Å². The van der Waals surface area contributed by atoms with Gasteiger partial charge in [0.15, 0.2) is 5.70 Å². The van der Waals surface area contributed by atoms with E-state index in [0.717, 1.165) is 6.21 Å². The highest BCUT2D eigenvalue weighted by atomic mass is 16.6. The minimum absolute atomic E-state index is 0.144. The van der Waals surface area contributed by atoms with Crippen LogP contribution in [0.3, 0.4) is 0 Å². The number of nitrogens with two attached hydrogens (primary N) is 1. The second-order valence-electron chi connectivity index (χ2n) is 3.06. The van der Waals surface area contributed by atoms with E-state index in [1.807, 2.05) is 0 Å². The molecule has 0 saturated carbocycles. The molecule has 0 aliphatic heterocycles. The first kappa shape index (κ1) is 12.9. The maximum atomic E-state index is 10.7. The fourth-order valence-electron chi connectivity index (χ4n) is 1.11. The molecule has 0 unspecified atom stereocenters. The van der Waals surface area contributed by atoms with Crippen LogP contribution in [0.25, 0.3) is 0 Å². The van der Waals surface area contributed by atoms with Gasteiger partial charge in [-0.25, -0.2) is 4.99 Å². The highest BCUT2D eigenvalue weighted by Gasteiger charge is 2.10. The molecule has 0 aromatic heterocycles. The zero-order chi connectivity index (χ0) is 13.5. The molecule has 0 aliphatic rings. The predicted molar refractivity (Wildman–Crippen MR) is 63.1 cm³/mol. The molecule has 7 nitrogen and oxygen atoms in total. The summed E-state index contributed by atoms with van der Waals surface area (Å²) in [5.74, 6) is 0. The van der Waals surface area contributed by atoms with E-state index >= 15 is 0 Å². The van der Waals surface area contributed by atoms with Crippen molar-refractivity contribution in [3.8, 4) is 12.1 Å². The first-order valence-electron chi connectivity index (χ1n) is 4.67. The minimum atomic E-state index is -0.565. The summed E-state index contributed by atoms with van der Waals surface area (Å²) in [6.07, 6.45) is 1.13. The lowest BCUT2D eigenvalue weighted by Gasteiger charge is -1.95. The molecule has 1 rings (SSSR count). The molecule has 88 valence electrons. The molecule has 0 aliphatic carbocycles. The lowest BCUT2D eigenvalue weighted by atomic mass is 10.2. The number of allylic oxidation sites excluding steroid dienone is 2. The van der Waals surface area contributed by atoms with Crippen LogP contribution >= 0.6 is 0 Å². The Bertz CT molecular complexity index is 619. The summed E-state index contributed by atoms with van der Waals surface area (Å²) >= 11 is 0. The van der Waals surface area contributed by atoms with Crippen molar-refractivity contribution in [1.82, 2.24) is 0 Å². The summed E-state index contributed by atoms with van der Waals surface area (Å²) in [6.45, 7) is 0. The molecule has 18 heavy (non-hydrogen) atoms. The number of hydrogen-bond acceptors (Lipinski definition) is 6. The van der Waals surface area contributed by atoms with Crippen molar-refractivity contribution in [2.24, 2.45) is 10.7 Å². The highest BCUT2D eigenvalue weighted by Crippen LogP contribution is 2.15. The standard InChI is InChI=1S/C11H7N5O2/c12-5-9(14)10(6-13)15-7-8-3-1-2-4-11(8)16(17)18/h1-4,7H,14H2. The van der Waals surface area contributed by atoms with Gasteiger partial charge in [-0.2, -0.15) is 10.5 Å². The second-order valence-corrected chi connectivity index (χ2v) is 3.06. The summed E-state index contributed by atoms with van der Waals surface area (Å²) in [4.78, 5) is 13.8. The highest BCUT2D eigenvalue weighted by molar-refractivity contribution is 5.86. The molecule has 1 aromatic rings. The van der Waals surface area contributed by atoms with Crippen LogP contribution in [0.5, 0.6) is 0 Å². The van der Waals surface area contributed by atoms with Crippen LogP contribution in [0.2, 0.25) is 0 Å². The molecule has 0 bridgehead atoms. The van der Waals surface area contributed by atoms with Crippen LogP contribution in [-0.2, 0) is 0 Å². The van der Waals surface area contributed by atoms with E-state index in [2.05, 4.69) is 4.99 Å². The van der Waals surface area contributed by atoms with Gasteiger partial charge >= 0.3 is 0 Å². The number of hydrogen-bond donors (Lipinski definition) is 1. The van der Waals surface area contributed by atoms with Crippen LogP contribution in [-0.4, -0.2) is 11.1 Å². The topological polar surface area (TPSA) is 129 Å². The van der Waals surface area contributed by atoms with Gasteiger partial charge in [0.1, 0.15) is 17.8 Å². The number of aliphatic imine (C=N–C) groups is 1. The van der Waals surface area contributed by atoms with Gasteiger partial charge in [-0.05, 0) is 6.07 Å². The number of benzene rings is 1. The Morgan fingerprint density at radius 3 is 2.61 bits per heavy atom. The number of nitrogens with zero attached hydrogens (tertiary/aromatic N) is 4. The fraction of sp³-hybridized carbons (Fsp3) is 0. The normalized spacial score (nSPS) is 11.4. The molecule has 1 aromatic carbocycles. The second kappa shape index (κ2) is 5.77. The number of para-hydroxylation sites is 1. The Labute approximate surface area is 102 Å². The van der Waals surface area contributed by atoms with Crippen molar-refractivity contribution in [3.63, 3.8) is 0 Å². The van der Waals surface area contributed by atoms with E-state index < -0.39 is 4.92 Å². The molecule has 0 heterocycles. The van der Waals surface area contributed by atoms with Crippen LogP contribution in [0.1, 0.15) is 5.56 Å². The lowest BCUT2D eigenvalue weighted by molar-refractivity contribution is -0.385. The van der Waals surface area contributed by atoms with Gasteiger partial charge in [0.05, 0.1) is 10.5 Å². The van der Waals surface area contributed by atoms with Crippen molar-refractivity contribution in [3.05, 3.63) is 51.3 Å². The molecule has 7 heteroatoms. The van der Waals surface area contributed by atoms with Gasteiger partial charge in [-0.1, -0.05) is 12.1 Å². The summed E-state index contributed by atoms with van der Waals surface area (Å²) in [5, 5.41) is 27.9. The molecule has 0 amide bonds. The number of rotatable bonds is 3. The Morgan fingerprint density at radius 2 is 2.06 bits per heavy atom. The van der Waals surface area contributed by atoms with Crippen molar-refractivity contribution < 1.29 is 4.92 Å². The van der Waals surface area contributed by atoms with Crippen molar-refractivity contribution >= 4 is 11.9 Å². The smallest absolute Gasteiger partial charge is 0.278 e. The van der Waals surface area contributed by atoms with Crippen LogP contribution in [0.15, 0.2) is 40.7 Å². The first-order chi connectivity index (χ1) is 8.60. The molecule has 0 atom stereocenters. The average Bonchev–Trinajstić information content (AvgIpc) is 2.39. The van der Waals surface area contributed by atoms with E-state index in [9.17, 15) is 10.1 Å². The van der Waals surface area contributed by atoms with E-state index in [0.29, 0.717) is 0 Å². The lowest BCUT2D eigenvalue weighted by Crippen LogP contribution is -1.98. The van der Waals surface area contributed by atoms with Gasteiger partial charge in [-0.3, -0.25) is 10.1 Å². The minimum Gasteiger partial charge on any atom is -0.388 e. The van der Waals surface area contributed by atoms with Crippen molar-refractivity contribution in [1.29, 1.82) is 10.5 Å². The first-order valence-corrected chi connectivity index (χ1v) is 4.67. The molecule has 2 N–H and O–H groups in total. The maximum Gasteiger partial charge on any atom is 0.278 e. The van der Waals surface area contributed by atoms with Gasteiger partial charge in [0.2, 0.25) is 0 Å². The maximum absolute atomic E-state index is 10.7. The SMILES string of the molecule is N#CC(N)=C(C#N)N=Cc1ccccc1[N+](=O)[O-]. The Morgan fingerprint density at radius 1 is 1.39 bits per heavy atom. The molecule has 0 spiro atoms. The average molecular weight is 241 g/mol. The summed E-state index contributed by atoms with van der Waals surface area (Å²) in [6, 6.07) is 9.10. The monoisotopic (exact) mass is 241 g/mol. The van der Waals surface area contributed by atoms with Crippen molar-refractivity contribution in [2.75, 3.05) is 0 Å². The zero-order valence-electron chi connectivity index (χ0n) is 9.07. The largest absolute Gasteiger partial charge is 0.388 e. The number of nitro groups is 1. The van der Waals surface area contributed by atoms with Crippen LogP contribution in [0.4, 0.5) is 5.69 Å². The van der Waals surface area contributed by atoms with E-state index in [-0.39, 0.29) is 22.6 Å². The predicted octanol–water partition coefficient (Wildman–Crippen LogP) is 1.23. The summed E-state index contributed by atoms with van der Waals surface area (Å²) < 4.78 is 0. The quantitative estimate of drug-likeness (QED) is 0.368. The van der Waals surface area contributed by atoms with E-state index in [4.69, 9.17) is 16.3 Å². The van der Waals surface area contributed by atoms with Gasteiger partial charge in [0.25, 0.3) is 5.69 Å². The Balaban J connectivity index is 3.18. The molecule has 0 fully saturated rings. The van der Waals surface area contributed by atoms with Gasteiger partial charge in [0, 0.05) is 12.3 Å². The van der Waals surface area contributed by atoms with E-state index in [1.165, 1.54) is 18.2 Å². The third-order valence-corrected chi connectivity index (χ3v) is 1.95. The van der Waals surface area contributed by atoms with Gasteiger partial charge in [-0.15, -0.1) is 0 Å². The Hall–Kier alpha value is -3.19. The van der Waals surface area contributed by atoms with Gasteiger partial charge < -0.3 is 5.73 Å². The molecular weight excluding hydrogens is 234 g/mol. The summed E-state index contributed by atoms with van der Waals surface area (Å²) in [5.41, 5.74) is 4.69. The number of nitriles is 2. The van der Waals surface area contributed by atoms with Crippen molar-refractivity contribution in [2.45, 2.75) is 0 Å². The fourth-order valence-corrected chi connectivity index (χ4v) is 1.11. The third-order valence-electron chi connectivity index (χ3n) is 1.95. The molecule has 0 radical (unpaired) electrons. The number of nitro benzene ring substituents is 1. The molecular formula is C11H7N5O2. The summed E-state index contributed by atoms with van der Waals surface area (Å²) in [7, 11) is 0. The third kappa shape index (κ3) is 2.90. The van der Waals surface area contributed by atoms with Crippen LogP contribution < -0.4 is 5.73 Å². The van der Waals surface area contributed by atoms with Crippen LogP contribution in [0, 0.1) is 32.8 Å². The zero-order valence-corrected chi connectivity index (χ0v) is 9.07.